The van der Waals surface area contributed by atoms with Crippen LogP contribution in [0.15, 0.2) is 35.9 Å². The molecule has 0 radical (unpaired) electrons. The summed E-state index contributed by atoms with van der Waals surface area (Å²) in [5.41, 5.74) is 0.129. The van der Waals surface area contributed by atoms with Crippen LogP contribution in [0, 0.1) is 0 Å². The van der Waals surface area contributed by atoms with E-state index in [4.69, 9.17) is 23.7 Å². The fourth-order valence-electron chi connectivity index (χ4n) is 4.86. The first-order valence-corrected chi connectivity index (χ1v) is 13.7. The number of methoxy groups -OCH3 is 1. The van der Waals surface area contributed by atoms with Gasteiger partial charge < -0.3 is 74.7 Å². The van der Waals surface area contributed by atoms with Crippen molar-refractivity contribution in [1.82, 2.24) is 0 Å². The molecule has 16 nitrogen and oxygen atoms in total. The summed E-state index contributed by atoms with van der Waals surface area (Å²) in [6, 6.07) is 6.28. The van der Waals surface area contributed by atoms with Gasteiger partial charge in [-0.1, -0.05) is 6.07 Å². The first kappa shape index (κ1) is 34.3. The predicted molar refractivity (Wildman–Crippen MR) is 149 cm³/mol. The van der Waals surface area contributed by atoms with Crippen LogP contribution in [-0.4, -0.2) is 139 Å². The van der Waals surface area contributed by atoms with Crippen molar-refractivity contribution in [2.24, 2.45) is 0 Å². The number of hydrogen-bond acceptors (Lipinski definition) is 16. The number of allylic oxidation sites excluding steroid dienone is 1. The van der Waals surface area contributed by atoms with Gasteiger partial charge in [0.05, 0.1) is 20.3 Å². The second-order valence-electron chi connectivity index (χ2n) is 10.6. The lowest BCUT2D eigenvalue weighted by atomic mass is 9.98. The van der Waals surface area contributed by atoms with Crippen molar-refractivity contribution in [1.29, 1.82) is 0 Å². The maximum Gasteiger partial charge on any atom is 0.229 e. The van der Waals surface area contributed by atoms with Gasteiger partial charge in [-0.2, -0.15) is 0 Å². The third kappa shape index (κ3) is 7.31. The average Bonchev–Trinajstić information content (AvgIpc) is 3.00. The van der Waals surface area contributed by atoms with Crippen LogP contribution in [0.5, 0.6) is 28.7 Å². The highest BCUT2D eigenvalue weighted by molar-refractivity contribution is 6.14. The molecule has 0 spiro atoms. The van der Waals surface area contributed by atoms with Gasteiger partial charge in [-0.15, -0.1) is 0 Å². The number of benzene rings is 2. The lowest BCUT2D eigenvalue weighted by Gasteiger charge is -2.42. The van der Waals surface area contributed by atoms with E-state index < -0.39 is 97.5 Å². The maximum atomic E-state index is 13.1. The number of phenolic OH excluding ortho intramolecular Hbond substituents is 3. The molecular weight excluding hydrogens is 604 g/mol. The van der Waals surface area contributed by atoms with Crippen LogP contribution in [-0.2, 0) is 14.2 Å². The number of aliphatic hydroxyl groups is 7. The molecule has 10 N–H and O–H groups in total. The smallest absolute Gasteiger partial charge is 0.229 e. The number of aliphatic hydroxyl groups excluding tert-OH is 7. The Morgan fingerprint density at radius 2 is 1.38 bits per heavy atom. The van der Waals surface area contributed by atoms with Gasteiger partial charge in [0.2, 0.25) is 6.29 Å². The summed E-state index contributed by atoms with van der Waals surface area (Å²) < 4.78 is 26.7. The number of hydrogen-bond donors (Lipinski definition) is 10. The van der Waals surface area contributed by atoms with Gasteiger partial charge in [0, 0.05) is 12.1 Å². The summed E-state index contributed by atoms with van der Waals surface area (Å²) in [4.78, 5) is 13.1. The summed E-state index contributed by atoms with van der Waals surface area (Å²) in [6.45, 7) is 0.133. The van der Waals surface area contributed by atoms with E-state index in [-0.39, 0.29) is 22.8 Å². The molecule has 2 aliphatic heterocycles. The second-order valence-corrected chi connectivity index (χ2v) is 10.6. The molecule has 2 aliphatic rings. The highest BCUT2D eigenvalue weighted by Gasteiger charge is 2.48. The third-order valence-corrected chi connectivity index (χ3v) is 7.44. The molecule has 2 aromatic carbocycles. The molecule has 4 rings (SSSR count). The molecule has 2 aromatic rings. The fraction of sp³-hybridized carbons (Fsp3) is 0.483. The molecule has 16 heteroatoms. The van der Waals surface area contributed by atoms with E-state index in [1.807, 2.05) is 0 Å². The lowest BCUT2D eigenvalue weighted by Crippen LogP contribution is -2.62. The molecule has 0 aromatic heterocycles. The van der Waals surface area contributed by atoms with Gasteiger partial charge in [0.25, 0.3) is 0 Å². The topological polar surface area (TPSA) is 266 Å². The summed E-state index contributed by atoms with van der Waals surface area (Å²) >= 11 is 0. The van der Waals surface area contributed by atoms with Crippen molar-refractivity contribution in [2.45, 2.75) is 68.3 Å². The van der Waals surface area contributed by atoms with Crippen molar-refractivity contribution < 1.29 is 79.5 Å². The molecule has 0 aliphatic carbocycles. The number of ether oxygens (including phenoxy) is 5. The lowest BCUT2D eigenvalue weighted by molar-refractivity contribution is -0.323. The van der Waals surface area contributed by atoms with Crippen LogP contribution < -0.4 is 9.47 Å². The SMILES string of the molecule is COc1cc(C=C(C)C(=O)c2c(O)cc(O[C@@H]3O[C@H](CO[C@@H]4O[C@H](CO)[C@@H](O)[C@H](O)[C@H]4O)[C@@H](O)[C@H](O)[C@H]3O)cc2O)ccc1O. The minimum absolute atomic E-state index is 0.104. The average molecular weight is 641 g/mol. The molecule has 0 unspecified atom stereocenters. The number of aromatic hydroxyl groups is 3. The molecule has 2 fully saturated rings. The number of ketones is 1. The fourth-order valence-corrected chi connectivity index (χ4v) is 4.86. The number of carbonyl (C=O) groups is 1. The standard InChI is InChI=1S/C29H36O16/c1-11(5-12-3-4-14(31)17(6-12)41-2)21(34)20-15(32)7-13(8-16(20)33)43-29-27(40)25(38)23(36)19(45-29)10-42-28-26(39)24(37)22(35)18(9-30)44-28/h3-8,18-19,22-33,35-40H,9-10H2,1-2H3/t18-,19-,22-,23-,24+,25+,26-,27-,28-,29-/m1/s1. The zero-order valence-corrected chi connectivity index (χ0v) is 24.1. The first-order valence-electron chi connectivity index (χ1n) is 13.7. The summed E-state index contributed by atoms with van der Waals surface area (Å²) in [5.74, 6) is -2.37. The molecule has 0 saturated carbocycles. The second kappa shape index (κ2) is 14.3. The Balaban J connectivity index is 1.46. The van der Waals surface area contributed by atoms with Crippen molar-refractivity contribution in [3.63, 3.8) is 0 Å². The van der Waals surface area contributed by atoms with Crippen LogP contribution in [0.3, 0.4) is 0 Å². The normalized spacial score (nSPS) is 32.2. The number of carbonyl (C=O) groups excluding carboxylic acids is 1. The van der Waals surface area contributed by atoms with E-state index in [9.17, 15) is 55.9 Å². The van der Waals surface area contributed by atoms with E-state index in [0.717, 1.165) is 12.1 Å². The van der Waals surface area contributed by atoms with E-state index in [1.165, 1.54) is 38.3 Å². The van der Waals surface area contributed by atoms with Gasteiger partial charge in [0.15, 0.2) is 23.6 Å². The van der Waals surface area contributed by atoms with Crippen LogP contribution in [0.2, 0.25) is 0 Å². The van der Waals surface area contributed by atoms with Crippen LogP contribution >= 0.6 is 0 Å². The number of rotatable bonds is 10. The minimum Gasteiger partial charge on any atom is -0.507 e. The molecule has 10 atom stereocenters. The molecule has 2 heterocycles. The minimum atomic E-state index is -1.85. The molecular formula is C29H36O16. The van der Waals surface area contributed by atoms with Gasteiger partial charge in [-0.3, -0.25) is 4.79 Å². The predicted octanol–water partition coefficient (Wildman–Crippen LogP) is -1.90. The third-order valence-electron chi connectivity index (χ3n) is 7.44. The van der Waals surface area contributed by atoms with Gasteiger partial charge in [-0.25, -0.2) is 0 Å². The Bertz CT molecular complexity index is 1360. The molecule has 248 valence electrons. The van der Waals surface area contributed by atoms with Crippen molar-refractivity contribution in [3.8, 4) is 28.7 Å². The Morgan fingerprint density at radius 3 is 1.98 bits per heavy atom. The quantitative estimate of drug-likeness (QED) is 0.100. The van der Waals surface area contributed by atoms with Gasteiger partial charge >= 0.3 is 0 Å². The molecule has 45 heavy (non-hydrogen) atoms. The van der Waals surface area contributed by atoms with Gasteiger partial charge in [0.1, 0.15) is 71.6 Å². The van der Waals surface area contributed by atoms with Gasteiger partial charge in [-0.05, 0) is 36.3 Å². The van der Waals surface area contributed by atoms with Crippen LogP contribution in [0.25, 0.3) is 6.08 Å². The largest absolute Gasteiger partial charge is 0.507 e. The molecule has 2 saturated heterocycles. The summed E-state index contributed by atoms with van der Waals surface area (Å²) in [7, 11) is 1.36. The van der Waals surface area contributed by atoms with Crippen LogP contribution in [0.1, 0.15) is 22.8 Å². The molecule has 0 amide bonds. The highest BCUT2D eigenvalue weighted by atomic mass is 16.7. The van der Waals surface area contributed by atoms with Crippen molar-refractivity contribution in [2.75, 3.05) is 20.3 Å². The van der Waals surface area contributed by atoms with Crippen LogP contribution in [0.4, 0.5) is 0 Å². The highest BCUT2D eigenvalue weighted by Crippen LogP contribution is 2.36. The Labute approximate surface area is 256 Å². The first-order chi connectivity index (χ1) is 21.3. The Hall–Kier alpha value is -3.55. The monoisotopic (exact) mass is 640 g/mol. The van der Waals surface area contributed by atoms with Crippen molar-refractivity contribution >= 4 is 11.9 Å². The summed E-state index contributed by atoms with van der Waals surface area (Å²) in [5, 5.41) is 102. The zero-order chi connectivity index (χ0) is 33.2. The number of Topliss-reactive ketones (excluding diaryl/α,β-unsaturated/α-hetero) is 1. The Morgan fingerprint density at radius 1 is 0.800 bits per heavy atom. The van der Waals surface area contributed by atoms with Crippen molar-refractivity contribution in [3.05, 3.63) is 47.0 Å². The van der Waals surface area contributed by atoms with E-state index >= 15 is 0 Å². The zero-order valence-electron chi connectivity index (χ0n) is 24.1. The maximum absolute atomic E-state index is 13.1. The van der Waals surface area contributed by atoms with E-state index in [2.05, 4.69) is 0 Å². The molecule has 0 bridgehead atoms. The Kier molecular flexibility index (Phi) is 10.9. The van der Waals surface area contributed by atoms with E-state index in [1.54, 1.807) is 0 Å². The number of phenols is 3. The summed E-state index contributed by atoms with van der Waals surface area (Å²) in [6.07, 6.45) is -15.1. The van der Waals surface area contributed by atoms with E-state index in [0.29, 0.717) is 5.56 Å².